The highest BCUT2D eigenvalue weighted by molar-refractivity contribution is 5.96. The van der Waals surface area contributed by atoms with Crippen LogP contribution in [0.25, 0.3) is 0 Å². The number of aryl methyl sites for hydroxylation is 1. The summed E-state index contributed by atoms with van der Waals surface area (Å²) in [5, 5.41) is 0. The maximum absolute atomic E-state index is 12.2. The van der Waals surface area contributed by atoms with Gasteiger partial charge in [0.1, 0.15) is 5.75 Å². The molecule has 0 bridgehead atoms. The third kappa shape index (κ3) is 3.80. The van der Waals surface area contributed by atoms with E-state index >= 15 is 0 Å². The van der Waals surface area contributed by atoms with E-state index < -0.39 is 0 Å². The van der Waals surface area contributed by atoms with Gasteiger partial charge in [0.2, 0.25) is 0 Å². The van der Waals surface area contributed by atoms with Gasteiger partial charge in [-0.05, 0) is 63.5 Å². The molecule has 1 saturated heterocycles. The average molecular weight is 261 g/mol. The van der Waals surface area contributed by atoms with E-state index in [1.54, 1.807) is 0 Å². The predicted octanol–water partition coefficient (Wildman–Crippen LogP) is 3.06. The first-order valence-electron chi connectivity index (χ1n) is 7.19. The van der Waals surface area contributed by atoms with Crippen molar-refractivity contribution >= 4 is 5.78 Å². The topological polar surface area (TPSA) is 29.5 Å². The van der Waals surface area contributed by atoms with Gasteiger partial charge in [-0.3, -0.25) is 4.79 Å². The van der Waals surface area contributed by atoms with E-state index in [4.69, 9.17) is 4.74 Å². The zero-order valence-electron chi connectivity index (χ0n) is 11.9. The first-order chi connectivity index (χ1) is 9.20. The summed E-state index contributed by atoms with van der Waals surface area (Å²) in [6, 6.07) is 5.73. The van der Waals surface area contributed by atoms with Gasteiger partial charge in [0.25, 0.3) is 0 Å². The minimum atomic E-state index is 0.234. The number of ketones is 1. The summed E-state index contributed by atoms with van der Waals surface area (Å²) in [4.78, 5) is 14.5. The number of nitrogens with zero attached hydrogens (tertiary/aromatic N) is 1. The molecule has 0 aliphatic carbocycles. The molecule has 0 amide bonds. The van der Waals surface area contributed by atoms with Crippen LogP contribution < -0.4 is 4.74 Å². The van der Waals surface area contributed by atoms with E-state index in [2.05, 4.69) is 4.90 Å². The second kappa shape index (κ2) is 6.71. The maximum atomic E-state index is 12.2. The van der Waals surface area contributed by atoms with Crippen molar-refractivity contribution in [1.82, 2.24) is 4.90 Å². The Morgan fingerprint density at radius 2 is 2.05 bits per heavy atom. The fourth-order valence-electron chi connectivity index (χ4n) is 2.55. The van der Waals surface area contributed by atoms with Crippen LogP contribution >= 0.6 is 0 Å². The molecule has 1 aliphatic rings. The van der Waals surface area contributed by atoms with Crippen LogP contribution in [0.5, 0.6) is 5.75 Å². The van der Waals surface area contributed by atoms with E-state index in [1.807, 2.05) is 32.0 Å². The van der Waals surface area contributed by atoms with Crippen molar-refractivity contribution in [2.75, 3.05) is 26.2 Å². The number of likely N-dealkylation sites (tertiary alicyclic amines) is 1. The van der Waals surface area contributed by atoms with Gasteiger partial charge in [-0.15, -0.1) is 0 Å². The predicted molar refractivity (Wildman–Crippen MR) is 77.0 cm³/mol. The van der Waals surface area contributed by atoms with Gasteiger partial charge in [0, 0.05) is 18.5 Å². The van der Waals surface area contributed by atoms with E-state index in [9.17, 15) is 4.79 Å². The van der Waals surface area contributed by atoms with Crippen LogP contribution in [0.15, 0.2) is 18.2 Å². The summed E-state index contributed by atoms with van der Waals surface area (Å²) in [5.41, 5.74) is 1.84. The number of carbonyl (C=O) groups excluding carboxylic acids is 1. The van der Waals surface area contributed by atoms with Crippen LogP contribution in [0.2, 0.25) is 0 Å². The number of hydrogen-bond acceptors (Lipinski definition) is 3. The van der Waals surface area contributed by atoms with E-state index in [0.29, 0.717) is 13.0 Å². The van der Waals surface area contributed by atoms with Crippen molar-refractivity contribution in [2.24, 2.45) is 0 Å². The number of rotatable bonds is 6. The second-order valence-electron chi connectivity index (χ2n) is 5.14. The van der Waals surface area contributed by atoms with Crippen LogP contribution in [-0.4, -0.2) is 36.9 Å². The normalized spacial score (nSPS) is 15.7. The van der Waals surface area contributed by atoms with Gasteiger partial charge in [0.05, 0.1) is 6.61 Å². The van der Waals surface area contributed by atoms with Gasteiger partial charge in [-0.25, -0.2) is 0 Å². The van der Waals surface area contributed by atoms with Gasteiger partial charge in [0.15, 0.2) is 5.78 Å². The quantitative estimate of drug-likeness (QED) is 0.737. The summed E-state index contributed by atoms with van der Waals surface area (Å²) in [6.45, 7) is 7.80. The first kappa shape index (κ1) is 14.1. The lowest BCUT2D eigenvalue weighted by atomic mass is 10.0. The number of ether oxygens (including phenoxy) is 1. The monoisotopic (exact) mass is 261 g/mol. The molecule has 104 valence electrons. The fourth-order valence-corrected chi connectivity index (χ4v) is 2.55. The van der Waals surface area contributed by atoms with Crippen molar-refractivity contribution < 1.29 is 9.53 Å². The lowest BCUT2D eigenvalue weighted by molar-refractivity contribution is 0.0969. The molecule has 0 N–H and O–H groups in total. The molecule has 2 rings (SSSR count). The highest BCUT2D eigenvalue weighted by atomic mass is 16.5. The molecule has 0 aromatic heterocycles. The molecular weight excluding hydrogens is 238 g/mol. The van der Waals surface area contributed by atoms with E-state index in [0.717, 1.165) is 36.5 Å². The third-order valence-corrected chi connectivity index (χ3v) is 3.65. The molecule has 1 aromatic rings. The Balaban J connectivity index is 1.92. The van der Waals surface area contributed by atoms with Crippen LogP contribution in [0.4, 0.5) is 0 Å². The Morgan fingerprint density at radius 1 is 1.32 bits per heavy atom. The molecule has 0 atom stereocenters. The SMILES string of the molecule is CCOc1ccc(C(=O)CCN2CCCC2)cc1C. The molecular formula is C16H23NO2. The maximum Gasteiger partial charge on any atom is 0.164 e. The molecule has 0 spiro atoms. The standard InChI is InChI=1S/C16H23NO2/c1-3-19-16-7-6-14(12-13(16)2)15(18)8-11-17-9-4-5-10-17/h6-7,12H,3-5,8-11H2,1-2H3. The molecule has 0 saturated carbocycles. The van der Waals surface area contributed by atoms with Crippen LogP contribution in [0.1, 0.15) is 42.1 Å². The first-order valence-corrected chi connectivity index (χ1v) is 7.19. The van der Waals surface area contributed by atoms with Crippen LogP contribution in [0, 0.1) is 6.92 Å². The van der Waals surface area contributed by atoms with Gasteiger partial charge in [-0.2, -0.15) is 0 Å². The highest BCUT2D eigenvalue weighted by Crippen LogP contribution is 2.20. The summed E-state index contributed by atoms with van der Waals surface area (Å²) in [5.74, 6) is 1.11. The summed E-state index contributed by atoms with van der Waals surface area (Å²) >= 11 is 0. The van der Waals surface area contributed by atoms with Crippen molar-refractivity contribution in [3.05, 3.63) is 29.3 Å². The number of hydrogen-bond donors (Lipinski definition) is 0. The van der Waals surface area contributed by atoms with E-state index in [1.165, 1.54) is 12.8 Å². The largest absolute Gasteiger partial charge is 0.494 e. The second-order valence-corrected chi connectivity index (χ2v) is 5.14. The summed E-state index contributed by atoms with van der Waals surface area (Å²) in [7, 11) is 0. The van der Waals surface area contributed by atoms with Crippen LogP contribution in [0.3, 0.4) is 0 Å². The van der Waals surface area contributed by atoms with Gasteiger partial charge < -0.3 is 9.64 Å². The fraction of sp³-hybridized carbons (Fsp3) is 0.562. The third-order valence-electron chi connectivity index (χ3n) is 3.65. The zero-order chi connectivity index (χ0) is 13.7. The summed E-state index contributed by atoms with van der Waals surface area (Å²) < 4.78 is 5.49. The molecule has 3 heteroatoms. The molecule has 1 aliphatic heterocycles. The summed E-state index contributed by atoms with van der Waals surface area (Å²) in [6.07, 6.45) is 3.17. The van der Waals surface area contributed by atoms with Crippen molar-refractivity contribution in [2.45, 2.75) is 33.1 Å². The number of carbonyl (C=O) groups is 1. The highest BCUT2D eigenvalue weighted by Gasteiger charge is 2.14. The lowest BCUT2D eigenvalue weighted by Gasteiger charge is -2.14. The Bertz CT molecular complexity index is 436. The smallest absolute Gasteiger partial charge is 0.164 e. The van der Waals surface area contributed by atoms with Gasteiger partial charge in [-0.1, -0.05) is 0 Å². The average Bonchev–Trinajstić information content (AvgIpc) is 2.91. The molecule has 1 fully saturated rings. The molecule has 0 radical (unpaired) electrons. The Kier molecular flexibility index (Phi) is 4.97. The van der Waals surface area contributed by atoms with Crippen molar-refractivity contribution in [1.29, 1.82) is 0 Å². The van der Waals surface area contributed by atoms with Crippen molar-refractivity contribution in [3.8, 4) is 5.75 Å². The van der Waals surface area contributed by atoms with Gasteiger partial charge >= 0.3 is 0 Å². The Labute approximate surface area is 115 Å². The molecule has 19 heavy (non-hydrogen) atoms. The van der Waals surface area contributed by atoms with Crippen LogP contribution in [-0.2, 0) is 0 Å². The molecule has 1 aromatic carbocycles. The van der Waals surface area contributed by atoms with E-state index in [-0.39, 0.29) is 5.78 Å². The zero-order valence-corrected chi connectivity index (χ0v) is 11.9. The minimum Gasteiger partial charge on any atom is -0.494 e. The van der Waals surface area contributed by atoms with Crippen molar-refractivity contribution in [3.63, 3.8) is 0 Å². The minimum absolute atomic E-state index is 0.234. The Hall–Kier alpha value is -1.35. The lowest BCUT2D eigenvalue weighted by Crippen LogP contribution is -2.22. The Morgan fingerprint density at radius 3 is 2.68 bits per heavy atom. The molecule has 0 unspecified atom stereocenters. The number of Topliss-reactive ketones (excluding diaryl/α,β-unsaturated/α-hetero) is 1. The molecule has 1 heterocycles. The molecule has 3 nitrogen and oxygen atoms in total. The number of benzene rings is 1.